The molecule has 0 unspecified atom stereocenters. The van der Waals surface area contributed by atoms with Crippen molar-refractivity contribution in [3.05, 3.63) is 0 Å². The van der Waals surface area contributed by atoms with Gasteiger partial charge in [0.1, 0.15) is 0 Å². The number of hydrogen-bond donors (Lipinski definition) is 2. The van der Waals surface area contributed by atoms with E-state index in [1.807, 2.05) is 0 Å². The summed E-state index contributed by atoms with van der Waals surface area (Å²) in [6.45, 7) is 16.8. The van der Waals surface area contributed by atoms with E-state index >= 15 is 0 Å². The van der Waals surface area contributed by atoms with Crippen molar-refractivity contribution >= 4 is 0 Å². The summed E-state index contributed by atoms with van der Waals surface area (Å²) in [7, 11) is 0. The highest BCUT2D eigenvalue weighted by molar-refractivity contribution is 5.11. The van der Waals surface area contributed by atoms with Gasteiger partial charge in [0.2, 0.25) is 0 Å². The molecule has 2 heteroatoms. The first-order chi connectivity index (χ1) is 14.9. The van der Waals surface area contributed by atoms with Crippen LogP contribution in [-0.4, -0.2) is 21.9 Å². The smallest absolute Gasteiger partial charge is 0.0648 e. The van der Waals surface area contributed by atoms with Gasteiger partial charge in [0, 0.05) is 0 Å². The van der Waals surface area contributed by atoms with Crippen LogP contribution in [-0.2, 0) is 0 Å². The number of fused-ring (bicyclic) bond motifs is 5. The molecule has 11 atom stereocenters. The van der Waals surface area contributed by atoms with E-state index in [0.717, 1.165) is 61.2 Å². The van der Waals surface area contributed by atoms with Crippen molar-refractivity contribution in [1.82, 2.24) is 0 Å². The molecule has 0 spiro atoms. The van der Waals surface area contributed by atoms with Crippen LogP contribution in [0.25, 0.3) is 0 Å². The van der Waals surface area contributed by atoms with Gasteiger partial charge in [-0.1, -0.05) is 48.5 Å². The first-order valence-corrected chi connectivity index (χ1v) is 14.4. The summed E-state index contributed by atoms with van der Waals surface area (Å²) in [5.41, 5.74) is 0.563. The van der Waals surface area contributed by atoms with E-state index in [-0.39, 0.29) is 11.7 Å². The summed E-state index contributed by atoms with van der Waals surface area (Å²) < 4.78 is 0. The number of aliphatic hydroxyl groups is 2. The summed E-state index contributed by atoms with van der Waals surface area (Å²) >= 11 is 0. The van der Waals surface area contributed by atoms with Crippen LogP contribution in [0.2, 0.25) is 0 Å². The minimum Gasteiger partial charge on any atom is -0.393 e. The van der Waals surface area contributed by atoms with Crippen LogP contribution in [0, 0.1) is 58.2 Å². The minimum absolute atomic E-state index is 0.142. The van der Waals surface area contributed by atoms with Crippen LogP contribution >= 0.6 is 0 Å². The predicted molar refractivity (Wildman–Crippen MR) is 134 cm³/mol. The molecule has 0 aromatic rings. The van der Waals surface area contributed by atoms with Gasteiger partial charge in [-0.2, -0.15) is 0 Å². The third-order valence-electron chi connectivity index (χ3n) is 12.2. The molecule has 0 aromatic heterocycles. The Labute approximate surface area is 199 Å². The van der Waals surface area contributed by atoms with E-state index in [1.54, 1.807) is 0 Å². The summed E-state index contributed by atoms with van der Waals surface area (Å²) in [6, 6.07) is 0. The minimum atomic E-state index is -0.386. The van der Waals surface area contributed by atoms with Gasteiger partial charge in [0.25, 0.3) is 0 Å². The van der Waals surface area contributed by atoms with Crippen molar-refractivity contribution in [2.45, 2.75) is 131 Å². The zero-order valence-corrected chi connectivity index (χ0v) is 22.4. The van der Waals surface area contributed by atoms with E-state index in [9.17, 15) is 10.2 Å². The van der Waals surface area contributed by atoms with Crippen molar-refractivity contribution in [3.8, 4) is 0 Å². The summed E-state index contributed by atoms with van der Waals surface area (Å²) in [5.74, 6) is 6.13. The molecule has 2 N–H and O–H groups in total. The SMILES string of the molecule is CC[C@]1(O)CC[C@@]2(C)[C@@H](CC[C@@H]3[C@@H]2CC[C@]2(C)[C@@H]([C@H](C)CC[C@H](O)C(C)C)[C@H](C)C[C@@H]32)C1. The zero-order chi connectivity index (χ0) is 23.5. The van der Waals surface area contributed by atoms with Gasteiger partial charge in [-0.15, -0.1) is 0 Å². The second-order valence-corrected chi connectivity index (χ2v) is 14.1. The third kappa shape index (κ3) is 4.02. The Morgan fingerprint density at radius 1 is 0.906 bits per heavy atom. The van der Waals surface area contributed by atoms with E-state index < -0.39 is 0 Å². The third-order valence-corrected chi connectivity index (χ3v) is 12.2. The molecule has 0 bridgehead atoms. The molecule has 4 rings (SSSR count). The maximum Gasteiger partial charge on any atom is 0.0648 e. The molecule has 0 aromatic carbocycles. The van der Waals surface area contributed by atoms with Crippen molar-refractivity contribution in [3.63, 3.8) is 0 Å². The fourth-order valence-electron chi connectivity index (χ4n) is 10.2. The van der Waals surface area contributed by atoms with Crippen molar-refractivity contribution in [2.75, 3.05) is 0 Å². The van der Waals surface area contributed by atoms with Crippen LogP contribution in [0.3, 0.4) is 0 Å². The van der Waals surface area contributed by atoms with Crippen LogP contribution in [0.15, 0.2) is 0 Å². The topological polar surface area (TPSA) is 40.5 Å². The highest BCUT2D eigenvalue weighted by Gasteiger charge is 2.62. The fraction of sp³-hybridized carbons (Fsp3) is 1.00. The Morgan fingerprint density at radius 3 is 2.28 bits per heavy atom. The Balaban J connectivity index is 1.50. The molecule has 4 aliphatic rings. The van der Waals surface area contributed by atoms with Gasteiger partial charge in [-0.05, 0) is 129 Å². The molecule has 0 heterocycles. The monoisotopic (exact) mass is 446 g/mol. The maximum atomic E-state index is 11.1. The van der Waals surface area contributed by atoms with Crippen LogP contribution < -0.4 is 0 Å². The van der Waals surface area contributed by atoms with Crippen molar-refractivity contribution in [1.29, 1.82) is 0 Å². The lowest BCUT2D eigenvalue weighted by Gasteiger charge is -2.62. The van der Waals surface area contributed by atoms with Gasteiger partial charge in [-0.3, -0.25) is 0 Å². The lowest BCUT2D eigenvalue weighted by atomic mass is 9.43. The van der Waals surface area contributed by atoms with Gasteiger partial charge in [0.15, 0.2) is 0 Å². The number of rotatable bonds is 6. The standard InChI is InChI=1S/C30H54O2/c1-8-30(32)16-15-28(6)22(18-30)10-11-23-24(28)13-14-29(7)25(23)17-21(5)27(29)20(4)9-12-26(31)19(2)3/h19-27,31-32H,8-18H2,1-7H3/t20-,21-,22+,23-,24+,25+,26+,27+,28+,29+,30+/m1/s1. The Kier molecular flexibility index (Phi) is 6.92. The van der Waals surface area contributed by atoms with E-state index in [2.05, 4.69) is 48.5 Å². The first-order valence-electron chi connectivity index (χ1n) is 14.4. The molecule has 0 radical (unpaired) electrons. The van der Waals surface area contributed by atoms with Crippen LogP contribution in [0.1, 0.15) is 119 Å². The molecule has 32 heavy (non-hydrogen) atoms. The first kappa shape index (κ1) is 25.0. The Morgan fingerprint density at radius 2 is 1.62 bits per heavy atom. The van der Waals surface area contributed by atoms with Crippen LogP contribution in [0.4, 0.5) is 0 Å². The molecule has 4 fully saturated rings. The Bertz CT molecular complexity index is 659. The van der Waals surface area contributed by atoms with Crippen molar-refractivity contribution in [2.24, 2.45) is 58.2 Å². The van der Waals surface area contributed by atoms with Gasteiger partial charge < -0.3 is 10.2 Å². The summed E-state index contributed by atoms with van der Waals surface area (Å²) in [6.07, 6.45) is 13.3. The molecular formula is C30H54O2. The van der Waals surface area contributed by atoms with E-state index in [4.69, 9.17) is 0 Å². The molecule has 0 saturated heterocycles. The van der Waals surface area contributed by atoms with Gasteiger partial charge >= 0.3 is 0 Å². The second kappa shape index (κ2) is 8.85. The molecular weight excluding hydrogens is 392 g/mol. The highest BCUT2D eigenvalue weighted by atomic mass is 16.3. The molecule has 0 aliphatic heterocycles. The molecule has 186 valence electrons. The average molecular weight is 447 g/mol. The van der Waals surface area contributed by atoms with Gasteiger partial charge in [-0.25, -0.2) is 0 Å². The second-order valence-electron chi connectivity index (χ2n) is 14.1. The van der Waals surface area contributed by atoms with Crippen LogP contribution in [0.5, 0.6) is 0 Å². The normalized spacial score (nSPS) is 50.4. The molecule has 0 amide bonds. The van der Waals surface area contributed by atoms with Crippen molar-refractivity contribution < 1.29 is 10.2 Å². The lowest BCUT2D eigenvalue weighted by Crippen LogP contribution is -2.56. The lowest BCUT2D eigenvalue weighted by molar-refractivity contribution is -0.153. The quantitative estimate of drug-likeness (QED) is 0.444. The number of hydrogen-bond acceptors (Lipinski definition) is 2. The summed E-state index contributed by atoms with van der Waals surface area (Å²) in [4.78, 5) is 0. The maximum absolute atomic E-state index is 11.1. The molecule has 4 aliphatic carbocycles. The molecule has 2 nitrogen and oxygen atoms in total. The fourth-order valence-corrected chi connectivity index (χ4v) is 10.2. The average Bonchev–Trinajstić information content (AvgIpc) is 3.02. The largest absolute Gasteiger partial charge is 0.393 e. The van der Waals surface area contributed by atoms with Gasteiger partial charge in [0.05, 0.1) is 11.7 Å². The zero-order valence-electron chi connectivity index (χ0n) is 22.4. The summed E-state index contributed by atoms with van der Waals surface area (Å²) in [5, 5.41) is 21.5. The Hall–Kier alpha value is -0.0800. The van der Waals surface area contributed by atoms with E-state index in [0.29, 0.717) is 22.7 Å². The highest BCUT2D eigenvalue weighted by Crippen LogP contribution is 2.70. The predicted octanol–water partition coefficient (Wildman–Crippen LogP) is 7.47. The number of aliphatic hydroxyl groups excluding tert-OH is 1. The molecule has 4 saturated carbocycles. The van der Waals surface area contributed by atoms with E-state index in [1.165, 1.54) is 44.9 Å².